The molecule has 7 N–H and O–H groups in total. The summed E-state index contributed by atoms with van der Waals surface area (Å²) < 4.78 is 0. The van der Waals surface area contributed by atoms with Crippen molar-refractivity contribution in [2.75, 3.05) is 62.8 Å². The average molecular weight is 312 g/mol. The Kier molecular flexibility index (Phi) is 9.87. The number of nitrogens with one attached hydrogen (secondary N) is 7. The highest BCUT2D eigenvalue weighted by Crippen LogP contribution is 2.07. The van der Waals surface area contributed by atoms with Crippen LogP contribution in [0.15, 0.2) is 0 Å². The third-order valence-corrected chi connectivity index (χ3v) is 2.60. The van der Waals surface area contributed by atoms with Gasteiger partial charge in [0.2, 0.25) is 17.8 Å². The summed E-state index contributed by atoms with van der Waals surface area (Å²) in [4.78, 5) is 12.8. The topological polar surface area (TPSA) is 123 Å². The maximum Gasteiger partial charge on any atom is 0.230 e. The van der Waals surface area contributed by atoms with Gasteiger partial charge >= 0.3 is 0 Å². The number of rotatable bonds is 13. The Morgan fingerprint density at radius 3 is 1.50 bits per heavy atom. The Morgan fingerprint density at radius 1 is 0.636 bits per heavy atom. The predicted molar refractivity (Wildman–Crippen MR) is 89.7 cm³/mol. The molecular weight excluding hydrogens is 284 g/mol. The third kappa shape index (κ3) is 7.88. The molecule has 126 valence electrons. The van der Waals surface area contributed by atoms with E-state index in [4.69, 9.17) is 0 Å². The second kappa shape index (κ2) is 11.9. The third-order valence-electron chi connectivity index (χ3n) is 2.60. The van der Waals surface area contributed by atoms with Gasteiger partial charge in [-0.05, 0) is 13.1 Å². The number of nitrogens with zero attached hydrogens (tertiary/aromatic N) is 3. The van der Waals surface area contributed by atoms with Gasteiger partial charge in [0.25, 0.3) is 0 Å². The van der Waals surface area contributed by atoms with Crippen LogP contribution >= 0.6 is 0 Å². The van der Waals surface area contributed by atoms with Crippen LogP contribution in [0.1, 0.15) is 13.8 Å². The molecular formula is C12H28N10. The van der Waals surface area contributed by atoms with Crippen LogP contribution in [0.25, 0.3) is 0 Å². The zero-order valence-corrected chi connectivity index (χ0v) is 13.6. The van der Waals surface area contributed by atoms with E-state index in [-0.39, 0.29) is 0 Å². The van der Waals surface area contributed by atoms with E-state index >= 15 is 0 Å². The molecule has 0 amide bonds. The zero-order valence-electron chi connectivity index (χ0n) is 13.6. The maximum atomic E-state index is 4.31. The Balaban J connectivity index is 2.42. The maximum absolute atomic E-state index is 4.31. The number of anilines is 3. The quantitative estimate of drug-likeness (QED) is 0.180. The van der Waals surface area contributed by atoms with Gasteiger partial charge < -0.3 is 26.6 Å². The molecule has 0 spiro atoms. The smallest absolute Gasteiger partial charge is 0.230 e. The summed E-state index contributed by atoms with van der Waals surface area (Å²) in [7, 11) is 1.77. The minimum atomic E-state index is 0.512. The molecule has 0 saturated heterocycles. The molecule has 0 aliphatic rings. The average Bonchev–Trinajstić information content (AvgIpc) is 2.54. The molecule has 22 heavy (non-hydrogen) atoms. The fourth-order valence-corrected chi connectivity index (χ4v) is 1.48. The first-order valence-electron chi connectivity index (χ1n) is 7.54. The van der Waals surface area contributed by atoms with Gasteiger partial charge in [-0.25, -0.2) is 0 Å². The number of hydrogen-bond acceptors (Lipinski definition) is 10. The molecule has 1 aromatic rings. The summed E-state index contributed by atoms with van der Waals surface area (Å²) in [5.74, 6) is 1.54. The van der Waals surface area contributed by atoms with E-state index in [1.54, 1.807) is 7.05 Å². The SMILES string of the molecule is CCNCNCNc1nc(NC)nc(NCNCNCC)n1. The highest BCUT2D eigenvalue weighted by atomic mass is 15.3. The van der Waals surface area contributed by atoms with Gasteiger partial charge in [0.1, 0.15) is 0 Å². The van der Waals surface area contributed by atoms with Crippen molar-refractivity contribution in [1.82, 2.24) is 36.2 Å². The van der Waals surface area contributed by atoms with Crippen molar-refractivity contribution in [3.05, 3.63) is 0 Å². The lowest BCUT2D eigenvalue weighted by atomic mass is 10.7. The first-order valence-corrected chi connectivity index (χ1v) is 7.54. The first-order chi connectivity index (χ1) is 10.8. The summed E-state index contributed by atoms with van der Waals surface area (Å²) >= 11 is 0. The molecule has 0 unspecified atom stereocenters. The van der Waals surface area contributed by atoms with Gasteiger partial charge in [-0.1, -0.05) is 13.8 Å². The van der Waals surface area contributed by atoms with Crippen molar-refractivity contribution in [3.63, 3.8) is 0 Å². The molecule has 10 heteroatoms. The molecule has 0 aliphatic carbocycles. The van der Waals surface area contributed by atoms with E-state index in [9.17, 15) is 0 Å². The van der Waals surface area contributed by atoms with E-state index in [0.29, 0.717) is 31.2 Å². The largest absolute Gasteiger partial charge is 0.357 e. The molecule has 0 aliphatic heterocycles. The molecule has 1 aromatic heterocycles. The van der Waals surface area contributed by atoms with Crippen molar-refractivity contribution in [3.8, 4) is 0 Å². The van der Waals surface area contributed by atoms with Crippen LogP contribution in [0.4, 0.5) is 17.8 Å². The van der Waals surface area contributed by atoms with Crippen molar-refractivity contribution in [2.45, 2.75) is 13.8 Å². The minimum absolute atomic E-state index is 0.512. The molecule has 1 rings (SSSR count). The first kappa shape index (κ1) is 18.3. The Morgan fingerprint density at radius 2 is 1.09 bits per heavy atom. The van der Waals surface area contributed by atoms with E-state index in [0.717, 1.165) is 26.4 Å². The Hall–Kier alpha value is -1.75. The van der Waals surface area contributed by atoms with Crippen LogP contribution in [-0.4, -0.2) is 61.8 Å². The summed E-state index contributed by atoms with van der Waals surface area (Å²) in [6.45, 7) is 8.56. The molecule has 0 saturated carbocycles. The summed E-state index contributed by atoms with van der Waals surface area (Å²) in [5.41, 5.74) is 0. The summed E-state index contributed by atoms with van der Waals surface area (Å²) in [5, 5.41) is 21.8. The van der Waals surface area contributed by atoms with Gasteiger partial charge in [-0.3, -0.25) is 10.6 Å². The molecule has 0 radical (unpaired) electrons. The number of hydrogen-bond donors (Lipinski definition) is 7. The van der Waals surface area contributed by atoms with Crippen molar-refractivity contribution >= 4 is 17.8 Å². The molecule has 0 atom stereocenters. The molecule has 1 heterocycles. The van der Waals surface area contributed by atoms with Crippen LogP contribution in [0.5, 0.6) is 0 Å². The predicted octanol–water partition coefficient (Wildman–Crippen LogP) is -1.03. The van der Waals surface area contributed by atoms with Gasteiger partial charge in [0, 0.05) is 20.4 Å². The van der Waals surface area contributed by atoms with Crippen LogP contribution in [-0.2, 0) is 0 Å². The van der Waals surface area contributed by atoms with Gasteiger partial charge in [-0.15, -0.1) is 0 Å². The Labute approximate surface area is 131 Å². The van der Waals surface area contributed by atoms with E-state index < -0.39 is 0 Å². The fourth-order valence-electron chi connectivity index (χ4n) is 1.48. The number of aromatic nitrogens is 3. The van der Waals surface area contributed by atoms with E-state index in [1.807, 2.05) is 0 Å². The van der Waals surface area contributed by atoms with Crippen LogP contribution in [0.2, 0.25) is 0 Å². The Bertz CT molecular complexity index is 367. The normalized spacial score (nSPS) is 10.5. The monoisotopic (exact) mass is 312 g/mol. The fraction of sp³-hybridized carbons (Fsp3) is 0.750. The zero-order chi connectivity index (χ0) is 16.0. The van der Waals surface area contributed by atoms with Crippen molar-refractivity contribution in [2.24, 2.45) is 0 Å². The summed E-state index contributed by atoms with van der Waals surface area (Å²) in [6.07, 6.45) is 0. The lowest BCUT2D eigenvalue weighted by Gasteiger charge is -2.11. The van der Waals surface area contributed by atoms with Crippen molar-refractivity contribution < 1.29 is 0 Å². The minimum Gasteiger partial charge on any atom is -0.357 e. The lowest BCUT2D eigenvalue weighted by molar-refractivity contribution is 0.616. The van der Waals surface area contributed by atoms with Crippen molar-refractivity contribution in [1.29, 1.82) is 0 Å². The van der Waals surface area contributed by atoms with E-state index in [1.165, 1.54) is 0 Å². The van der Waals surface area contributed by atoms with Gasteiger partial charge in [-0.2, -0.15) is 15.0 Å². The molecule has 10 nitrogen and oxygen atoms in total. The second-order valence-corrected chi connectivity index (χ2v) is 4.32. The van der Waals surface area contributed by atoms with E-state index in [2.05, 4.69) is 66.0 Å². The van der Waals surface area contributed by atoms with Crippen LogP contribution in [0, 0.1) is 0 Å². The molecule has 0 bridgehead atoms. The van der Waals surface area contributed by atoms with Gasteiger partial charge in [0.05, 0.1) is 13.3 Å². The van der Waals surface area contributed by atoms with Crippen LogP contribution < -0.4 is 37.2 Å². The highest BCUT2D eigenvalue weighted by molar-refractivity contribution is 5.41. The highest BCUT2D eigenvalue weighted by Gasteiger charge is 2.04. The lowest BCUT2D eigenvalue weighted by Crippen LogP contribution is -2.33. The molecule has 0 fully saturated rings. The molecule has 0 aromatic carbocycles. The standard InChI is InChI=1S/C12H28N10/c1-4-14-6-16-8-18-11-20-10(13-3)21-12(22-11)19-9-17-7-15-5-2/h14-17H,4-9H2,1-3H3,(H3,13,18,19,20,21,22). The second-order valence-electron chi connectivity index (χ2n) is 4.32. The summed E-state index contributed by atoms with van der Waals surface area (Å²) in [6, 6.07) is 0. The van der Waals surface area contributed by atoms with Gasteiger partial charge in [0.15, 0.2) is 0 Å². The van der Waals surface area contributed by atoms with Crippen LogP contribution in [0.3, 0.4) is 0 Å².